The third-order valence-corrected chi connectivity index (χ3v) is 7.08. The van der Waals surface area contributed by atoms with Crippen LogP contribution in [0.5, 0.6) is 0 Å². The van der Waals surface area contributed by atoms with Crippen molar-refractivity contribution in [3.05, 3.63) is 66.2 Å². The molecule has 122 valence electrons. The minimum absolute atomic E-state index is 0.0102. The van der Waals surface area contributed by atoms with Gasteiger partial charge in [0, 0.05) is 11.1 Å². The molecule has 1 saturated heterocycles. The van der Waals surface area contributed by atoms with Gasteiger partial charge in [-0.2, -0.15) is 0 Å². The van der Waals surface area contributed by atoms with E-state index in [-0.39, 0.29) is 11.2 Å². The molecule has 0 aliphatic carbocycles. The Hall–Kier alpha value is -1.19. The molecule has 3 nitrogen and oxygen atoms in total. The van der Waals surface area contributed by atoms with Crippen molar-refractivity contribution in [3.8, 4) is 0 Å². The Kier molecular flexibility index (Phi) is 4.88. The normalized spacial score (nSPS) is 20.6. The first-order valence-corrected chi connectivity index (χ1v) is 10.4. The lowest BCUT2D eigenvalue weighted by Gasteiger charge is -2.40. The van der Waals surface area contributed by atoms with Crippen LogP contribution in [0.15, 0.2) is 60.7 Å². The minimum Gasteiger partial charge on any atom is -0.370 e. The van der Waals surface area contributed by atoms with Gasteiger partial charge in [0.25, 0.3) is 0 Å². The fourth-order valence-electron chi connectivity index (χ4n) is 2.43. The maximum atomic E-state index is 6.11. The minimum atomic E-state index is -2.47. The number of para-hydroxylation sites is 1. The highest BCUT2D eigenvalue weighted by atomic mass is 32.5. The van der Waals surface area contributed by atoms with Crippen molar-refractivity contribution in [3.63, 3.8) is 0 Å². The zero-order chi connectivity index (χ0) is 16.3. The molecule has 2 aromatic carbocycles. The first-order chi connectivity index (χ1) is 11.0. The second-order valence-electron chi connectivity index (χ2n) is 6.57. The lowest BCUT2D eigenvalue weighted by atomic mass is 9.97. The quantitative estimate of drug-likeness (QED) is 0.772. The van der Waals surface area contributed by atoms with Gasteiger partial charge in [-0.1, -0.05) is 62.4 Å². The second kappa shape index (κ2) is 6.74. The SMILES string of the molecule is CC1(C)COP(=S)(C(Nc2ccccc2)c2ccccc2)OC1. The van der Waals surface area contributed by atoms with E-state index in [0.29, 0.717) is 13.2 Å². The standard InChI is InChI=1S/C18H22NO2PS/c1-18(2)13-20-22(23,21-14-18)17(15-9-5-3-6-10-15)19-16-11-7-4-8-12-16/h3-12,17,19H,13-14H2,1-2H3. The summed E-state index contributed by atoms with van der Waals surface area (Å²) in [6, 6.07) is 20.3. The first-order valence-electron chi connectivity index (χ1n) is 7.74. The fraction of sp³-hybridized carbons (Fsp3) is 0.333. The molecule has 1 heterocycles. The van der Waals surface area contributed by atoms with Crippen LogP contribution in [0, 0.1) is 5.41 Å². The molecule has 2 aromatic rings. The van der Waals surface area contributed by atoms with Crippen molar-refractivity contribution in [2.45, 2.75) is 19.6 Å². The van der Waals surface area contributed by atoms with Gasteiger partial charge in [-0.05, 0) is 29.5 Å². The highest BCUT2D eigenvalue weighted by molar-refractivity contribution is 8.10. The van der Waals surface area contributed by atoms with Gasteiger partial charge in [0.05, 0.1) is 13.2 Å². The molecule has 1 N–H and O–H groups in total. The van der Waals surface area contributed by atoms with Crippen molar-refractivity contribution >= 4 is 24.0 Å². The molecule has 0 aromatic heterocycles. The van der Waals surface area contributed by atoms with Crippen LogP contribution in [-0.4, -0.2) is 13.2 Å². The van der Waals surface area contributed by atoms with Gasteiger partial charge in [-0.25, -0.2) is 0 Å². The van der Waals surface area contributed by atoms with Crippen LogP contribution in [0.25, 0.3) is 0 Å². The van der Waals surface area contributed by atoms with Crippen LogP contribution < -0.4 is 5.32 Å². The molecule has 0 radical (unpaired) electrons. The Labute approximate surface area is 143 Å². The molecule has 0 bridgehead atoms. The fourth-order valence-corrected chi connectivity index (χ4v) is 5.55. The molecule has 3 rings (SSSR count). The van der Waals surface area contributed by atoms with Crippen molar-refractivity contribution in [2.75, 3.05) is 18.5 Å². The monoisotopic (exact) mass is 347 g/mol. The summed E-state index contributed by atoms with van der Waals surface area (Å²) in [4.78, 5) is 0. The Morgan fingerprint density at radius 3 is 2.04 bits per heavy atom. The molecule has 0 spiro atoms. The molecule has 1 aliphatic heterocycles. The van der Waals surface area contributed by atoms with Gasteiger partial charge >= 0.3 is 0 Å². The molecule has 0 amide bonds. The van der Waals surface area contributed by atoms with E-state index in [1.54, 1.807) is 0 Å². The summed E-state index contributed by atoms with van der Waals surface area (Å²) in [6.07, 6.45) is 0. The number of hydrogen-bond donors (Lipinski definition) is 1. The molecule has 1 unspecified atom stereocenters. The average molecular weight is 347 g/mol. The van der Waals surface area contributed by atoms with Gasteiger partial charge in [0.1, 0.15) is 5.78 Å². The summed E-state index contributed by atoms with van der Waals surface area (Å²) in [5, 5.41) is 3.53. The Morgan fingerprint density at radius 2 is 1.48 bits per heavy atom. The lowest BCUT2D eigenvalue weighted by Crippen LogP contribution is -2.31. The average Bonchev–Trinajstić information content (AvgIpc) is 2.57. The van der Waals surface area contributed by atoms with Gasteiger partial charge in [0.15, 0.2) is 0 Å². The van der Waals surface area contributed by atoms with E-state index in [1.165, 1.54) is 0 Å². The summed E-state index contributed by atoms with van der Waals surface area (Å²) in [5.74, 6) is -0.155. The van der Waals surface area contributed by atoms with Crippen molar-refractivity contribution in [1.29, 1.82) is 0 Å². The Morgan fingerprint density at radius 1 is 0.957 bits per heavy atom. The van der Waals surface area contributed by atoms with Crippen LogP contribution >= 0.6 is 6.49 Å². The summed E-state index contributed by atoms with van der Waals surface area (Å²) in [7, 11) is 0. The van der Waals surface area contributed by atoms with Crippen LogP contribution in [0.4, 0.5) is 5.69 Å². The predicted octanol–water partition coefficient (Wildman–Crippen LogP) is 5.18. The summed E-state index contributed by atoms with van der Waals surface area (Å²) >= 11 is 5.86. The molecule has 5 heteroatoms. The summed E-state index contributed by atoms with van der Waals surface area (Å²) < 4.78 is 12.2. The van der Waals surface area contributed by atoms with Crippen LogP contribution in [0.2, 0.25) is 0 Å². The smallest absolute Gasteiger partial charge is 0.215 e. The van der Waals surface area contributed by atoms with E-state index in [1.807, 2.05) is 48.5 Å². The highest BCUT2D eigenvalue weighted by Crippen LogP contribution is 2.64. The number of nitrogens with one attached hydrogen (secondary N) is 1. The van der Waals surface area contributed by atoms with Crippen LogP contribution in [0.1, 0.15) is 25.2 Å². The molecular weight excluding hydrogens is 325 g/mol. The van der Waals surface area contributed by atoms with Crippen molar-refractivity contribution in [2.24, 2.45) is 5.41 Å². The zero-order valence-corrected chi connectivity index (χ0v) is 15.1. The van der Waals surface area contributed by atoms with Crippen molar-refractivity contribution in [1.82, 2.24) is 0 Å². The lowest BCUT2D eigenvalue weighted by molar-refractivity contribution is 0.0579. The predicted molar refractivity (Wildman–Crippen MR) is 99.2 cm³/mol. The van der Waals surface area contributed by atoms with Gasteiger partial charge < -0.3 is 14.4 Å². The first kappa shape index (κ1) is 16.7. The largest absolute Gasteiger partial charge is 0.370 e. The third kappa shape index (κ3) is 4.02. The van der Waals surface area contributed by atoms with E-state index >= 15 is 0 Å². The van der Waals surface area contributed by atoms with E-state index < -0.39 is 6.49 Å². The molecule has 1 atom stereocenters. The summed E-state index contributed by atoms with van der Waals surface area (Å²) in [5.41, 5.74) is 2.12. The van der Waals surface area contributed by atoms with Gasteiger partial charge in [-0.15, -0.1) is 0 Å². The van der Waals surface area contributed by atoms with E-state index in [2.05, 4.69) is 31.3 Å². The van der Waals surface area contributed by atoms with Gasteiger partial charge in [-0.3, -0.25) is 0 Å². The molecule has 0 saturated carbocycles. The van der Waals surface area contributed by atoms with E-state index in [0.717, 1.165) is 11.3 Å². The topological polar surface area (TPSA) is 30.5 Å². The maximum absolute atomic E-state index is 6.11. The second-order valence-corrected chi connectivity index (χ2v) is 10.2. The van der Waals surface area contributed by atoms with E-state index in [4.69, 9.17) is 20.9 Å². The van der Waals surface area contributed by atoms with E-state index in [9.17, 15) is 0 Å². The Bertz CT molecular complexity index is 677. The number of hydrogen-bond acceptors (Lipinski definition) is 4. The highest BCUT2D eigenvalue weighted by Gasteiger charge is 2.39. The van der Waals surface area contributed by atoms with Gasteiger partial charge in [0.2, 0.25) is 6.49 Å². The number of benzene rings is 2. The molecule has 1 aliphatic rings. The van der Waals surface area contributed by atoms with Crippen molar-refractivity contribution < 1.29 is 9.05 Å². The summed E-state index contributed by atoms with van der Waals surface area (Å²) in [6.45, 7) is 3.06. The molecule has 1 fully saturated rings. The van der Waals surface area contributed by atoms with Crippen LogP contribution in [-0.2, 0) is 20.9 Å². The maximum Gasteiger partial charge on any atom is 0.215 e. The Balaban J connectivity index is 1.91. The number of rotatable bonds is 4. The van der Waals surface area contributed by atoms with Crippen LogP contribution in [0.3, 0.4) is 0 Å². The third-order valence-electron chi connectivity index (χ3n) is 3.78. The molecular formula is C18H22NO2PS. The number of anilines is 1. The zero-order valence-electron chi connectivity index (χ0n) is 13.4. The molecule has 23 heavy (non-hydrogen) atoms.